The summed E-state index contributed by atoms with van der Waals surface area (Å²) < 4.78 is 10.3. The summed E-state index contributed by atoms with van der Waals surface area (Å²) in [4.78, 5) is 14.4. The quantitative estimate of drug-likeness (QED) is 0.772. The molecule has 0 aromatic heterocycles. The summed E-state index contributed by atoms with van der Waals surface area (Å²) in [6, 6.07) is 9.86. The summed E-state index contributed by atoms with van der Waals surface area (Å²) >= 11 is 0. The maximum atomic E-state index is 12.0. The average Bonchev–Trinajstić information content (AvgIpc) is 2.53. The molecule has 1 aliphatic heterocycles. The minimum absolute atomic E-state index is 0.162. The van der Waals surface area contributed by atoms with Crippen molar-refractivity contribution in [1.82, 2.24) is 4.90 Å². The van der Waals surface area contributed by atoms with Crippen LogP contribution in [-0.2, 0) is 14.3 Å². The SMILES string of the molecule is COC(=O)C(CN1CCC(OC)CC1)c1ccccc1. The number of rotatable bonds is 5. The Morgan fingerprint density at radius 2 is 1.90 bits per heavy atom. The minimum Gasteiger partial charge on any atom is -0.469 e. The molecule has 1 aromatic carbocycles. The zero-order valence-electron chi connectivity index (χ0n) is 12.2. The van der Waals surface area contributed by atoms with E-state index in [1.165, 1.54) is 7.11 Å². The molecular weight excluding hydrogens is 254 g/mol. The van der Waals surface area contributed by atoms with Gasteiger partial charge in [-0.25, -0.2) is 0 Å². The fourth-order valence-electron chi connectivity index (χ4n) is 2.73. The Morgan fingerprint density at radius 3 is 2.45 bits per heavy atom. The van der Waals surface area contributed by atoms with E-state index in [1.807, 2.05) is 30.3 Å². The Kier molecular flexibility index (Phi) is 5.56. The first-order chi connectivity index (χ1) is 9.74. The van der Waals surface area contributed by atoms with Crippen molar-refractivity contribution in [2.75, 3.05) is 33.9 Å². The van der Waals surface area contributed by atoms with E-state index in [0.29, 0.717) is 12.6 Å². The molecule has 4 nitrogen and oxygen atoms in total. The molecule has 0 bridgehead atoms. The number of hydrogen-bond donors (Lipinski definition) is 0. The van der Waals surface area contributed by atoms with E-state index in [1.54, 1.807) is 7.11 Å². The normalized spacial score (nSPS) is 18.7. The van der Waals surface area contributed by atoms with E-state index >= 15 is 0 Å². The molecule has 4 heteroatoms. The van der Waals surface area contributed by atoms with Crippen molar-refractivity contribution in [2.24, 2.45) is 0 Å². The first-order valence-corrected chi connectivity index (χ1v) is 7.12. The first-order valence-electron chi connectivity index (χ1n) is 7.12. The van der Waals surface area contributed by atoms with E-state index in [-0.39, 0.29) is 11.9 Å². The number of methoxy groups -OCH3 is 2. The van der Waals surface area contributed by atoms with Crippen LogP contribution in [0.25, 0.3) is 0 Å². The maximum absolute atomic E-state index is 12.0. The fourth-order valence-corrected chi connectivity index (χ4v) is 2.73. The number of likely N-dealkylation sites (tertiary alicyclic amines) is 1. The number of hydrogen-bond acceptors (Lipinski definition) is 4. The van der Waals surface area contributed by atoms with E-state index in [4.69, 9.17) is 9.47 Å². The first kappa shape index (κ1) is 15.0. The molecule has 1 aliphatic rings. The largest absolute Gasteiger partial charge is 0.469 e. The van der Waals surface area contributed by atoms with Gasteiger partial charge in [0, 0.05) is 26.7 Å². The van der Waals surface area contributed by atoms with Crippen LogP contribution in [0, 0.1) is 0 Å². The van der Waals surface area contributed by atoms with Gasteiger partial charge in [0.1, 0.15) is 0 Å². The topological polar surface area (TPSA) is 38.8 Å². The van der Waals surface area contributed by atoms with Crippen molar-refractivity contribution in [2.45, 2.75) is 24.9 Å². The monoisotopic (exact) mass is 277 g/mol. The highest BCUT2D eigenvalue weighted by atomic mass is 16.5. The standard InChI is InChI=1S/C16H23NO3/c1-19-14-8-10-17(11-9-14)12-15(16(18)20-2)13-6-4-3-5-7-13/h3-7,14-15H,8-12H2,1-2H3. The van der Waals surface area contributed by atoms with E-state index in [0.717, 1.165) is 31.5 Å². The molecule has 0 spiro atoms. The van der Waals surface area contributed by atoms with Crippen molar-refractivity contribution in [1.29, 1.82) is 0 Å². The molecule has 2 rings (SSSR count). The van der Waals surface area contributed by atoms with E-state index < -0.39 is 0 Å². The molecule has 1 fully saturated rings. The molecule has 1 saturated heterocycles. The summed E-state index contributed by atoms with van der Waals surface area (Å²) in [6.45, 7) is 2.66. The van der Waals surface area contributed by atoms with Crippen molar-refractivity contribution >= 4 is 5.97 Å². The van der Waals surface area contributed by atoms with Gasteiger partial charge in [-0.3, -0.25) is 4.79 Å². The third kappa shape index (κ3) is 3.81. The van der Waals surface area contributed by atoms with Gasteiger partial charge in [-0.05, 0) is 18.4 Å². The number of carbonyl (C=O) groups excluding carboxylic acids is 1. The highest BCUT2D eigenvalue weighted by Gasteiger charge is 2.26. The van der Waals surface area contributed by atoms with Gasteiger partial charge in [0.15, 0.2) is 0 Å². The zero-order chi connectivity index (χ0) is 14.4. The Bertz CT molecular complexity index is 413. The van der Waals surface area contributed by atoms with Crippen LogP contribution in [0.5, 0.6) is 0 Å². The molecule has 110 valence electrons. The lowest BCUT2D eigenvalue weighted by atomic mass is 9.97. The lowest BCUT2D eigenvalue weighted by molar-refractivity contribution is -0.143. The van der Waals surface area contributed by atoms with Crippen LogP contribution in [0.4, 0.5) is 0 Å². The smallest absolute Gasteiger partial charge is 0.314 e. The van der Waals surface area contributed by atoms with Crippen LogP contribution in [0.2, 0.25) is 0 Å². The predicted octanol–water partition coefficient (Wildman–Crippen LogP) is 2.05. The van der Waals surface area contributed by atoms with Gasteiger partial charge in [0.25, 0.3) is 0 Å². The lowest BCUT2D eigenvalue weighted by Crippen LogP contribution is -2.40. The van der Waals surface area contributed by atoms with Gasteiger partial charge in [-0.1, -0.05) is 30.3 Å². The third-order valence-electron chi connectivity index (χ3n) is 4.00. The highest BCUT2D eigenvalue weighted by Crippen LogP contribution is 2.21. The Morgan fingerprint density at radius 1 is 1.25 bits per heavy atom. The molecule has 0 N–H and O–H groups in total. The molecule has 1 heterocycles. The van der Waals surface area contributed by atoms with Gasteiger partial charge in [0.2, 0.25) is 0 Å². The van der Waals surface area contributed by atoms with Gasteiger partial charge < -0.3 is 14.4 Å². The summed E-state index contributed by atoms with van der Waals surface area (Å²) in [5.74, 6) is -0.370. The number of carbonyl (C=O) groups is 1. The van der Waals surface area contributed by atoms with Gasteiger partial charge in [-0.2, -0.15) is 0 Å². The maximum Gasteiger partial charge on any atom is 0.314 e. The molecule has 20 heavy (non-hydrogen) atoms. The van der Waals surface area contributed by atoms with Crippen molar-refractivity contribution in [3.05, 3.63) is 35.9 Å². The second kappa shape index (κ2) is 7.41. The van der Waals surface area contributed by atoms with Crippen LogP contribution in [0.15, 0.2) is 30.3 Å². The van der Waals surface area contributed by atoms with Crippen LogP contribution < -0.4 is 0 Å². The molecule has 1 aromatic rings. The molecule has 1 unspecified atom stereocenters. The molecule has 1 atom stereocenters. The number of ether oxygens (including phenoxy) is 2. The van der Waals surface area contributed by atoms with Crippen molar-refractivity contribution in [3.8, 4) is 0 Å². The third-order valence-corrected chi connectivity index (χ3v) is 4.00. The molecule has 0 aliphatic carbocycles. The zero-order valence-corrected chi connectivity index (χ0v) is 12.2. The fraction of sp³-hybridized carbons (Fsp3) is 0.562. The molecular formula is C16H23NO3. The van der Waals surface area contributed by atoms with Gasteiger partial charge in [-0.15, -0.1) is 0 Å². The van der Waals surface area contributed by atoms with Crippen molar-refractivity contribution in [3.63, 3.8) is 0 Å². The summed E-state index contributed by atoms with van der Waals surface area (Å²) in [6.07, 6.45) is 2.41. The summed E-state index contributed by atoms with van der Waals surface area (Å²) in [7, 11) is 3.22. The van der Waals surface area contributed by atoms with E-state index in [9.17, 15) is 4.79 Å². The van der Waals surface area contributed by atoms with Crippen LogP contribution in [-0.4, -0.2) is 50.8 Å². The van der Waals surface area contributed by atoms with Crippen LogP contribution in [0.3, 0.4) is 0 Å². The van der Waals surface area contributed by atoms with Gasteiger partial charge in [0.05, 0.1) is 19.1 Å². The molecule has 0 amide bonds. The highest BCUT2D eigenvalue weighted by molar-refractivity contribution is 5.78. The summed E-state index contributed by atoms with van der Waals surface area (Å²) in [5, 5.41) is 0. The molecule has 0 saturated carbocycles. The predicted molar refractivity (Wildman–Crippen MR) is 77.7 cm³/mol. The van der Waals surface area contributed by atoms with Gasteiger partial charge >= 0.3 is 5.97 Å². The van der Waals surface area contributed by atoms with Crippen LogP contribution in [0.1, 0.15) is 24.3 Å². The van der Waals surface area contributed by atoms with Crippen molar-refractivity contribution < 1.29 is 14.3 Å². The average molecular weight is 277 g/mol. The Hall–Kier alpha value is -1.39. The lowest BCUT2D eigenvalue weighted by Gasteiger charge is -2.33. The van der Waals surface area contributed by atoms with E-state index in [2.05, 4.69) is 4.90 Å². The molecule has 0 radical (unpaired) electrons. The van der Waals surface area contributed by atoms with Crippen LogP contribution >= 0.6 is 0 Å². The Balaban J connectivity index is 2.00. The second-order valence-electron chi connectivity index (χ2n) is 5.22. The summed E-state index contributed by atoms with van der Waals surface area (Å²) in [5.41, 5.74) is 1.02. The second-order valence-corrected chi connectivity index (χ2v) is 5.22. The number of piperidine rings is 1. The number of benzene rings is 1. The minimum atomic E-state index is -0.208. The number of esters is 1. The number of nitrogens with zero attached hydrogens (tertiary/aromatic N) is 1. The Labute approximate surface area is 120 Å².